The highest BCUT2D eigenvalue weighted by Gasteiger charge is 2.58. The Balaban J connectivity index is 1.50. The van der Waals surface area contributed by atoms with Gasteiger partial charge in [0.2, 0.25) is 0 Å². The van der Waals surface area contributed by atoms with Gasteiger partial charge in [-0.2, -0.15) is 0 Å². The van der Waals surface area contributed by atoms with E-state index in [1.54, 1.807) is 17.3 Å². The molecule has 25 heavy (non-hydrogen) atoms. The number of rotatable bonds is 4. The predicted octanol–water partition coefficient (Wildman–Crippen LogP) is 1.65. The first kappa shape index (κ1) is 16.5. The number of amides is 1. The van der Waals surface area contributed by atoms with Gasteiger partial charge in [-0.3, -0.25) is 14.6 Å². The summed E-state index contributed by atoms with van der Waals surface area (Å²) in [5.41, 5.74) is 0.651. The Bertz CT molecular complexity index is 703. The van der Waals surface area contributed by atoms with Crippen molar-refractivity contribution in [1.82, 2.24) is 14.8 Å². The van der Waals surface area contributed by atoms with Gasteiger partial charge in [0, 0.05) is 51.0 Å². The molecule has 0 unspecified atom stereocenters. The molecule has 6 nitrogen and oxygen atoms in total. The van der Waals surface area contributed by atoms with E-state index in [4.69, 9.17) is 0 Å². The minimum absolute atomic E-state index is 0.0194. The summed E-state index contributed by atoms with van der Waals surface area (Å²) in [7, 11) is 0. The Morgan fingerprint density at radius 3 is 2.72 bits per heavy atom. The largest absolute Gasteiger partial charge is 0.481 e. The van der Waals surface area contributed by atoms with Gasteiger partial charge in [-0.25, -0.2) is 0 Å². The standard InChI is InChI=1S/C19H25N3O3/c1-13-5-6-20-7-16(13)17(23)22-10-15-9-21(8-14-3-2-4-14)11-19(15,12-22)18(24)25/h5-7,14-15H,2-4,8-12H2,1H3,(H,24,25)/t15-,19-/m1/s1. The summed E-state index contributed by atoms with van der Waals surface area (Å²) in [6, 6.07) is 1.82. The van der Waals surface area contributed by atoms with Crippen LogP contribution in [0.3, 0.4) is 0 Å². The van der Waals surface area contributed by atoms with Crippen molar-refractivity contribution in [3.63, 3.8) is 0 Å². The van der Waals surface area contributed by atoms with E-state index in [0.717, 1.165) is 24.6 Å². The van der Waals surface area contributed by atoms with Crippen LogP contribution in [0.5, 0.6) is 0 Å². The number of carbonyl (C=O) groups excluding carboxylic acids is 1. The zero-order valence-corrected chi connectivity index (χ0v) is 14.6. The van der Waals surface area contributed by atoms with Crippen LogP contribution in [-0.4, -0.2) is 64.5 Å². The van der Waals surface area contributed by atoms with Crippen LogP contribution in [0.2, 0.25) is 0 Å². The third-order valence-electron chi connectivity index (χ3n) is 6.40. The minimum Gasteiger partial charge on any atom is -0.481 e. The fourth-order valence-corrected chi connectivity index (χ4v) is 4.66. The molecular formula is C19H25N3O3. The number of pyridine rings is 1. The fourth-order valence-electron chi connectivity index (χ4n) is 4.66. The van der Waals surface area contributed by atoms with Crippen molar-refractivity contribution in [2.45, 2.75) is 26.2 Å². The van der Waals surface area contributed by atoms with Crippen molar-refractivity contribution >= 4 is 11.9 Å². The SMILES string of the molecule is Cc1ccncc1C(=O)N1C[C@H]2CN(CC3CCC3)C[C@@]2(C(=O)O)C1. The van der Waals surface area contributed by atoms with Gasteiger partial charge < -0.3 is 14.9 Å². The molecule has 134 valence electrons. The highest BCUT2D eigenvalue weighted by molar-refractivity contribution is 5.96. The number of fused-ring (bicyclic) bond motifs is 1. The molecule has 1 aliphatic carbocycles. The van der Waals surface area contributed by atoms with Crippen molar-refractivity contribution in [2.75, 3.05) is 32.7 Å². The number of carboxylic acid groups (broad SMARTS) is 1. The van der Waals surface area contributed by atoms with Crippen molar-refractivity contribution < 1.29 is 14.7 Å². The van der Waals surface area contributed by atoms with Gasteiger partial charge in [0.25, 0.3) is 5.91 Å². The van der Waals surface area contributed by atoms with Crippen LogP contribution < -0.4 is 0 Å². The molecule has 6 heteroatoms. The molecule has 1 N–H and O–H groups in total. The average Bonchev–Trinajstić information content (AvgIpc) is 3.05. The number of hydrogen-bond donors (Lipinski definition) is 1. The van der Waals surface area contributed by atoms with E-state index in [9.17, 15) is 14.7 Å². The maximum atomic E-state index is 12.9. The summed E-state index contributed by atoms with van der Waals surface area (Å²) < 4.78 is 0. The summed E-state index contributed by atoms with van der Waals surface area (Å²) in [5.74, 6) is -0.0931. The van der Waals surface area contributed by atoms with Gasteiger partial charge in [0.1, 0.15) is 5.41 Å². The summed E-state index contributed by atoms with van der Waals surface area (Å²) in [6.07, 6.45) is 7.10. The Morgan fingerprint density at radius 1 is 1.32 bits per heavy atom. The second kappa shape index (κ2) is 6.09. The summed E-state index contributed by atoms with van der Waals surface area (Å²) in [4.78, 5) is 33.1. The second-order valence-electron chi connectivity index (χ2n) is 8.03. The lowest BCUT2D eigenvalue weighted by Gasteiger charge is -2.31. The Hall–Kier alpha value is -1.95. The first-order valence-corrected chi connectivity index (χ1v) is 9.15. The van der Waals surface area contributed by atoms with Crippen molar-refractivity contribution in [2.24, 2.45) is 17.3 Å². The van der Waals surface area contributed by atoms with Crippen LogP contribution in [-0.2, 0) is 4.79 Å². The Kier molecular flexibility index (Phi) is 4.02. The minimum atomic E-state index is -0.810. The van der Waals surface area contributed by atoms with Gasteiger partial charge >= 0.3 is 5.97 Å². The molecule has 2 saturated heterocycles. The van der Waals surface area contributed by atoms with Gasteiger partial charge in [0.15, 0.2) is 0 Å². The number of aliphatic carboxylic acids is 1. The Morgan fingerprint density at radius 2 is 2.12 bits per heavy atom. The Labute approximate surface area is 147 Å². The zero-order chi connectivity index (χ0) is 17.6. The van der Waals surface area contributed by atoms with Gasteiger partial charge in [-0.1, -0.05) is 6.42 Å². The number of nitrogens with zero attached hydrogens (tertiary/aromatic N) is 3. The van der Waals surface area contributed by atoms with E-state index >= 15 is 0 Å². The van der Waals surface area contributed by atoms with Gasteiger partial charge in [-0.15, -0.1) is 0 Å². The molecule has 0 radical (unpaired) electrons. The molecule has 1 amide bonds. The molecule has 3 aliphatic rings. The maximum Gasteiger partial charge on any atom is 0.313 e. The second-order valence-corrected chi connectivity index (χ2v) is 8.03. The predicted molar refractivity (Wildman–Crippen MR) is 92.2 cm³/mol. The summed E-state index contributed by atoms with van der Waals surface area (Å²) in [5, 5.41) is 9.94. The van der Waals surface area contributed by atoms with Crippen molar-refractivity contribution in [1.29, 1.82) is 0 Å². The van der Waals surface area contributed by atoms with Crippen LogP contribution in [0.4, 0.5) is 0 Å². The molecule has 0 aromatic carbocycles. The molecule has 4 rings (SSSR count). The van der Waals surface area contributed by atoms with Crippen LogP contribution in [0.1, 0.15) is 35.2 Å². The maximum absolute atomic E-state index is 12.9. The number of carboxylic acids is 1. The molecule has 3 fully saturated rings. The number of likely N-dealkylation sites (tertiary alicyclic amines) is 2. The number of aromatic nitrogens is 1. The molecule has 1 aromatic heterocycles. The van der Waals surface area contributed by atoms with Crippen LogP contribution in [0, 0.1) is 24.2 Å². The topological polar surface area (TPSA) is 73.7 Å². The third-order valence-corrected chi connectivity index (χ3v) is 6.40. The normalized spacial score (nSPS) is 29.5. The smallest absolute Gasteiger partial charge is 0.313 e. The third kappa shape index (κ3) is 2.72. The lowest BCUT2D eigenvalue weighted by molar-refractivity contribution is -0.148. The lowest BCUT2D eigenvalue weighted by atomic mass is 9.81. The highest BCUT2D eigenvalue weighted by Crippen LogP contribution is 2.44. The van der Waals surface area contributed by atoms with E-state index in [1.165, 1.54) is 19.3 Å². The van der Waals surface area contributed by atoms with E-state index in [1.807, 2.05) is 13.0 Å². The number of hydrogen-bond acceptors (Lipinski definition) is 4. The molecule has 1 aromatic rings. The van der Waals surface area contributed by atoms with Crippen LogP contribution >= 0.6 is 0 Å². The van der Waals surface area contributed by atoms with Crippen molar-refractivity contribution in [3.8, 4) is 0 Å². The monoisotopic (exact) mass is 343 g/mol. The quantitative estimate of drug-likeness (QED) is 0.900. The van der Waals surface area contributed by atoms with E-state index < -0.39 is 11.4 Å². The molecule has 3 heterocycles. The first-order chi connectivity index (χ1) is 12.0. The van der Waals surface area contributed by atoms with Crippen LogP contribution in [0.15, 0.2) is 18.5 Å². The lowest BCUT2D eigenvalue weighted by Crippen LogP contribution is -2.43. The molecule has 0 bridgehead atoms. The van der Waals surface area contributed by atoms with E-state index in [2.05, 4.69) is 9.88 Å². The van der Waals surface area contributed by atoms with Gasteiger partial charge in [-0.05, 0) is 37.3 Å². The van der Waals surface area contributed by atoms with Crippen molar-refractivity contribution in [3.05, 3.63) is 29.6 Å². The van der Waals surface area contributed by atoms with Gasteiger partial charge in [0.05, 0.1) is 5.56 Å². The van der Waals surface area contributed by atoms with E-state index in [0.29, 0.717) is 25.2 Å². The average molecular weight is 343 g/mol. The molecule has 2 atom stereocenters. The summed E-state index contributed by atoms with van der Waals surface area (Å²) in [6.45, 7) is 5.10. The van der Waals surface area contributed by atoms with E-state index in [-0.39, 0.29) is 11.8 Å². The molecule has 0 spiro atoms. The highest BCUT2D eigenvalue weighted by atomic mass is 16.4. The number of carbonyl (C=O) groups is 2. The molecule has 2 aliphatic heterocycles. The summed E-state index contributed by atoms with van der Waals surface area (Å²) >= 11 is 0. The number of aryl methyl sites for hydroxylation is 1. The molecule has 1 saturated carbocycles. The fraction of sp³-hybridized carbons (Fsp3) is 0.632. The zero-order valence-electron chi connectivity index (χ0n) is 14.6. The first-order valence-electron chi connectivity index (χ1n) is 9.15. The van der Waals surface area contributed by atoms with Crippen LogP contribution in [0.25, 0.3) is 0 Å². The molecular weight excluding hydrogens is 318 g/mol.